The van der Waals surface area contributed by atoms with Crippen LogP contribution in [0.15, 0.2) is 81.9 Å². The van der Waals surface area contributed by atoms with Crippen molar-refractivity contribution in [1.82, 2.24) is 5.01 Å². The van der Waals surface area contributed by atoms with Gasteiger partial charge in [0.25, 0.3) is 11.8 Å². The van der Waals surface area contributed by atoms with Crippen molar-refractivity contribution >= 4 is 51.1 Å². The van der Waals surface area contributed by atoms with E-state index in [-0.39, 0.29) is 0 Å². The third kappa shape index (κ3) is 5.05. The van der Waals surface area contributed by atoms with Gasteiger partial charge in [-0.05, 0) is 76.5 Å². The van der Waals surface area contributed by atoms with Gasteiger partial charge in [-0.15, -0.1) is 0 Å². The van der Waals surface area contributed by atoms with Crippen molar-refractivity contribution in [2.24, 2.45) is 5.10 Å². The summed E-state index contributed by atoms with van der Waals surface area (Å²) in [5.41, 5.74) is 2.76. The second-order valence-electron chi connectivity index (χ2n) is 7.48. The standard InChI is InChI=1S/C26H20BrClN2O4/c1-16-21(26(32)30(29-16)25(31)19-8-4-3-5-9-19)12-18-13-22(27)24(23(14-18)33-2)34-15-17-7-6-10-20(28)11-17/h3-14H,15H2,1-2H3/b21-12+. The van der Waals surface area contributed by atoms with Crippen LogP contribution in [0.25, 0.3) is 6.08 Å². The van der Waals surface area contributed by atoms with Crippen molar-refractivity contribution in [2.45, 2.75) is 13.5 Å². The first-order valence-corrected chi connectivity index (χ1v) is 11.5. The first-order chi connectivity index (χ1) is 16.4. The highest BCUT2D eigenvalue weighted by Crippen LogP contribution is 2.38. The number of hydrogen-bond donors (Lipinski definition) is 0. The van der Waals surface area contributed by atoms with E-state index in [1.54, 1.807) is 62.6 Å². The number of carbonyl (C=O) groups excluding carboxylic acids is 2. The molecular weight excluding hydrogens is 520 g/mol. The maximum absolute atomic E-state index is 13.0. The topological polar surface area (TPSA) is 68.2 Å². The van der Waals surface area contributed by atoms with Gasteiger partial charge in [-0.2, -0.15) is 10.1 Å². The van der Waals surface area contributed by atoms with Gasteiger partial charge in [0.15, 0.2) is 11.5 Å². The summed E-state index contributed by atoms with van der Waals surface area (Å²) >= 11 is 9.58. The molecule has 1 heterocycles. The Bertz CT molecular complexity index is 1320. The van der Waals surface area contributed by atoms with E-state index in [4.69, 9.17) is 21.1 Å². The van der Waals surface area contributed by atoms with E-state index in [1.807, 2.05) is 24.3 Å². The van der Waals surface area contributed by atoms with Crippen molar-refractivity contribution in [3.8, 4) is 11.5 Å². The number of rotatable bonds is 6. The molecule has 0 aliphatic carbocycles. The molecule has 2 amide bonds. The van der Waals surface area contributed by atoms with Gasteiger partial charge in [-0.25, -0.2) is 0 Å². The van der Waals surface area contributed by atoms with Crippen molar-refractivity contribution in [3.05, 3.63) is 98.5 Å². The maximum atomic E-state index is 13.0. The van der Waals surface area contributed by atoms with Crippen LogP contribution in [0.5, 0.6) is 11.5 Å². The number of nitrogens with zero attached hydrogens (tertiary/aromatic N) is 2. The van der Waals surface area contributed by atoms with Gasteiger partial charge < -0.3 is 9.47 Å². The minimum absolute atomic E-state index is 0.302. The van der Waals surface area contributed by atoms with Crippen LogP contribution in [-0.2, 0) is 11.4 Å². The molecule has 3 aromatic carbocycles. The Morgan fingerprint density at radius 1 is 1.12 bits per heavy atom. The Labute approximate surface area is 210 Å². The first-order valence-electron chi connectivity index (χ1n) is 10.3. The van der Waals surface area contributed by atoms with E-state index in [9.17, 15) is 9.59 Å². The van der Waals surface area contributed by atoms with Gasteiger partial charge in [0.05, 0.1) is 22.9 Å². The molecule has 4 rings (SSSR count). The highest BCUT2D eigenvalue weighted by atomic mass is 79.9. The molecule has 1 aliphatic heterocycles. The normalized spacial score (nSPS) is 14.4. The summed E-state index contributed by atoms with van der Waals surface area (Å²) in [5, 5.41) is 5.71. The fourth-order valence-electron chi connectivity index (χ4n) is 3.44. The number of imide groups is 1. The molecule has 8 heteroatoms. The third-order valence-corrected chi connectivity index (χ3v) is 5.93. The fourth-order valence-corrected chi connectivity index (χ4v) is 4.22. The third-order valence-electron chi connectivity index (χ3n) is 5.11. The van der Waals surface area contributed by atoms with Crippen LogP contribution in [0.2, 0.25) is 5.02 Å². The van der Waals surface area contributed by atoms with Gasteiger partial charge in [0.1, 0.15) is 6.61 Å². The van der Waals surface area contributed by atoms with E-state index in [2.05, 4.69) is 21.0 Å². The lowest BCUT2D eigenvalue weighted by atomic mass is 10.1. The molecule has 172 valence electrons. The van der Waals surface area contributed by atoms with Crippen LogP contribution in [0, 0.1) is 0 Å². The van der Waals surface area contributed by atoms with Gasteiger partial charge in [0, 0.05) is 10.6 Å². The summed E-state index contributed by atoms with van der Waals surface area (Å²) in [7, 11) is 1.54. The molecule has 34 heavy (non-hydrogen) atoms. The number of halogens is 2. The molecule has 6 nitrogen and oxygen atoms in total. The smallest absolute Gasteiger partial charge is 0.283 e. The molecule has 0 saturated heterocycles. The summed E-state index contributed by atoms with van der Waals surface area (Å²) < 4.78 is 12.1. The van der Waals surface area contributed by atoms with Crippen molar-refractivity contribution in [2.75, 3.05) is 7.11 Å². The molecule has 0 bridgehead atoms. The van der Waals surface area contributed by atoms with Gasteiger partial charge in [0.2, 0.25) is 0 Å². The Balaban J connectivity index is 1.58. The number of hydrazone groups is 1. The lowest BCUT2D eigenvalue weighted by Crippen LogP contribution is -2.29. The molecule has 0 N–H and O–H groups in total. The maximum Gasteiger partial charge on any atom is 0.283 e. The molecule has 0 atom stereocenters. The second kappa shape index (κ2) is 10.2. The van der Waals surface area contributed by atoms with E-state index in [1.165, 1.54) is 0 Å². The molecule has 0 saturated carbocycles. The molecule has 0 radical (unpaired) electrons. The Morgan fingerprint density at radius 2 is 1.88 bits per heavy atom. The second-order valence-corrected chi connectivity index (χ2v) is 8.78. The Hall–Kier alpha value is -3.42. The number of benzene rings is 3. The van der Waals surface area contributed by atoms with E-state index >= 15 is 0 Å². The Kier molecular flexibility index (Phi) is 7.14. The van der Waals surface area contributed by atoms with Crippen molar-refractivity contribution in [1.29, 1.82) is 0 Å². The largest absolute Gasteiger partial charge is 0.493 e. The fraction of sp³-hybridized carbons (Fsp3) is 0.115. The van der Waals surface area contributed by atoms with Crippen molar-refractivity contribution in [3.63, 3.8) is 0 Å². The molecular formula is C26H20BrClN2O4. The van der Waals surface area contributed by atoms with Gasteiger partial charge in [-0.3, -0.25) is 9.59 Å². The predicted molar refractivity (Wildman–Crippen MR) is 135 cm³/mol. The van der Waals surface area contributed by atoms with E-state index < -0.39 is 11.8 Å². The van der Waals surface area contributed by atoms with Crippen LogP contribution in [0.3, 0.4) is 0 Å². The minimum Gasteiger partial charge on any atom is -0.493 e. The number of methoxy groups -OCH3 is 1. The summed E-state index contributed by atoms with van der Waals surface area (Å²) in [6, 6.07) is 19.5. The van der Waals surface area contributed by atoms with Crippen LogP contribution in [-0.4, -0.2) is 29.6 Å². The molecule has 0 fully saturated rings. The average molecular weight is 540 g/mol. The molecule has 0 aromatic heterocycles. The van der Waals surface area contributed by atoms with Crippen LogP contribution in [0.1, 0.15) is 28.4 Å². The quantitative estimate of drug-likeness (QED) is 0.279. The summed E-state index contributed by atoms with van der Waals surface area (Å²) in [6.45, 7) is 1.99. The van der Waals surface area contributed by atoms with Crippen LogP contribution in [0.4, 0.5) is 0 Å². The van der Waals surface area contributed by atoms with Gasteiger partial charge >= 0.3 is 0 Å². The van der Waals surface area contributed by atoms with Crippen LogP contribution < -0.4 is 9.47 Å². The average Bonchev–Trinajstić information content (AvgIpc) is 3.11. The zero-order valence-corrected chi connectivity index (χ0v) is 20.8. The molecule has 0 spiro atoms. The highest BCUT2D eigenvalue weighted by molar-refractivity contribution is 9.10. The molecule has 1 aliphatic rings. The zero-order chi connectivity index (χ0) is 24.2. The van der Waals surface area contributed by atoms with Crippen molar-refractivity contribution < 1.29 is 19.1 Å². The summed E-state index contributed by atoms with van der Waals surface area (Å²) in [4.78, 5) is 25.7. The lowest BCUT2D eigenvalue weighted by Gasteiger charge is -2.14. The SMILES string of the molecule is COc1cc(/C=C2/C(=O)N(C(=O)c3ccccc3)N=C2C)cc(Br)c1OCc1cccc(Cl)c1. The lowest BCUT2D eigenvalue weighted by molar-refractivity contribution is -0.123. The predicted octanol–water partition coefficient (Wildman–Crippen LogP) is 6.13. The number of ether oxygens (including phenoxy) is 2. The molecule has 0 unspecified atom stereocenters. The minimum atomic E-state index is -0.484. The zero-order valence-electron chi connectivity index (χ0n) is 18.4. The van der Waals surface area contributed by atoms with E-state index in [0.29, 0.717) is 50.0 Å². The first kappa shape index (κ1) is 23.7. The highest BCUT2D eigenvalue weighted by Gasteiger charge is 2.33. The summed E-state index contributed by atoms with van der Waals surface area (Å²) in [6.07, 6.45) is 1.67. The van der Waals surface area contributed by atoms with E-state index in [0.717, 1.165) is 10.6 Å². The Morgan fingerprint density at radius 3 is 2.59 bits per heavy atom. The van der Waals surface area contributed by atoms with Crippen LogP contribution >= 0.6 is 27.5 Å². The van der Waals surface area contributed by atoms with Gasteiger partial charge in [-0.1, -0.05) is 41.9 Å². The number of carbonyl (C=O) groups is 2. The summed E-state index contributed by atoms with van der Waals surface area (Å²) in [5.74, 6) is 0.0498. The molecule has 3 aromatic rings. The number of hydrogen-bond acceptors (Lipinski definition) is 5. The monoisotopic (exact) mass is 538 g/mol. The number of amides is 2.